The van der Waals surface area contributed by atoms with Crippen LogP contribution < -0.4 is 0 Å². The van der Waals surface area contributed by atoms with Gasteiger partial charge in [-0.2, -0.15) is 11.8 Å². The van der Waals surface area contributed by atoms with Gasteiger partial charge in [-0.1, -0.05) is 0 Å². The van der Waals surface area contributed by atoms with Crippen molar-refractivity contribution in [2.75, 3.05) is 18.1 Å². The normalized spacial score (nSPS) is 30.5. The van der Waals surface area contributed by atoms with E-state index in [2.05, 4.69) is 11.8 Å². The highest BCUT2D eigenvalue weighted by Gasteiger charge is 2.37. The molecule has 1 spiro atoms. The van der Waals surface area contributed by atoms with Crippen LogP contribution in [-0.4, -0.2) is 23.7 Å². The van der Waals surface area contributed by atoms with Crippen LogP contribution in [0.25, 0.3) is 0 Å². The van der Waals surface area contributed by atoms with Crippen LogP contribution in [0, 0.1) is 0 Å². The summed E-state index contributed by atoms with van der Waals surface area (Å²) < 4.78 is 5.69. The molecule has 0 aromatic rings. The molecule has 2 heterocycles. The van der Waals surface area contributed by atoms with Gasteiger partial charge in [0.25, 0.3) is 0 Å². The van der Waals surface area contributed by atoms with E-state index in [9.17, 15) is 0 Å². The second kappa shape index (κ2) is 3.36. The average molecular weight is 172 g/mol. The summed E-state index contributed by atoms with van der Waals surface area (Å²) in [6, 6.07) is 0. The van der Waals surface area contributed by atoms with E-state index in [0.29, 0.717) is 5.60 Å². The lowest BCUT2D eigenvalue weighted by Crippen LogP contribution is -2.44. The molecule has 0 atom stereocenters. The van der Waals surface area contributed by atoms with Gasteiger partial charge in [-0.3, -0.25) is 0 Å². The molecule has 0 saturated carbocycles. The summed E-state index contributed by atoms with van der Waals surface area (Å²) in [5.41, 5.74) is 0.362. The first-order valence-electron chi connectivity index (χ1n) is 4.63. The fraction of sp³-hybridized carbons (Fsp3) is 1.00. The highest BCUT2D eigenvalue weighted by molar-refractivity contribution is 7.99. The predicted octanol–water partition coefficient (Wildman–Crippen LogP) is 2.45. The lowest BCUT2D eigenvalue weighted by Gasteiger charge is -2.43. The fourth-order valence-corrected chi connectivity index (χ4v) is 2.91. The van der Waals surface area contributed by atoms with Crippen LogP contribution in [0.2, 0.25) is 0 Å². The molecule has 0 N–H and O–H groups in total. The lowest BCUT2D eigenvalue weighted by molar-refractivity contribution is -0.156. The Morgan fingerprint density at radius 2 is 1.64 bits per heavy atom. The predicted molar refractivity (Wildman–Crippen MR) is 49.1 cm³/mol. The topological polar surface area (TPSA) is 9.23 Å². The van der Waals surface area contributed by atoms with Gasteiger partial charge in [-0.05, 0) is 43.6 Å². The summed E-state index contributed by atoms with van der Waals surface area (Å²) in [4.78, 5) is 0. The second-order valence-electron chi connectivity index (χ2n) is 3.60. The summed E-state index contributed by atoms with van der Waals surface area (Å²) in [6.07, 6.45) is 6.70. The zero-order valence-electron chi connectivity index (χ0n) is 6.97. The van der Waals surface area contributed by atoms with Gasteiger partial charge in [0.05, 0.1) is 12.2 Å². The van der Waals surface area contributed by atoms with Gasteiger partial charge < -0.3 is 4.74 Å². The molecule has 2 fully saturated rings. The van der Waals surface area contributed by atoms with Crippen molar-refractivity contribution < 1.29 is 4.74 Å². The molecule has 0 radical (unpaired) electrons. The SMILES string of the molecule is C1CSCCCC2(C1)CCO2. The van der Waals surface area contributed by atoms with Crippen LogP contribution >= 0.6 is 11.8 Å². The van der Waals surface area contributed by atoms with E-state index in [1.165, 1.54) is 43.6 Å². The fourth-order valence-electron chi connectivity index (χ4n) is 2.00. The highest BCUT2D eigenvalue weighted by Crippen LogP contribution is 2.37. The second-order valence-corrected chi connectivity index (χ2v) is 4.83. The van der Waals surface area contributed by atoms with Gasteiger partial charge in [0.1, 0.15) is 0 Å². The van der Waals surface area contributed by atoms with Crippen LogP contribution in [0.5, 0.6) is 0 Å². The molecule has 2 rings (SSSR count). The van der Waals surface area contributed by atoms with Crippen molar-refractivity contribution >= 4 is 11.8 Å². The number of hydrogen-bond acceptors (Lipinski definition) is 2. The molecule has 0 aliphatic carbocycles. The summed E-state index contributed by atoms with van der Waals surface area (Å²) in [7, 11) is 0. The summed E-state index contributed by atoms with van der Waals surface area (Å²) in [5.74, 6) is 2.70. The maximum atomic E-state index is 5.69. The zero-order valence-corrected chi connectivity index (χ0v) is 7.79. The molecule has 0 amide bonds. The molecular weight excluding hydrogens is 156 g/mol. The Kier molecular flexibility index (Phi) is 2.42. The third-order valence-corrected chi connectivity index (χ3v) is 3.96. The average Bonchev–Trinajstić information content (AvgIpc) is 1.82. The van der Waals surface area contributed by atoms with Crippen molar-refractivity contribution in [3.63, 3.8) is 0 Å². The minimum Gasteiger partial charge on any atom is -0.375 e. The number of thioether (sulfide) groups is 1. The first-order valence-corrected chi connectivity index (χ1v) is 5.79. The number of rotatable bonds is 0. The van der Waals surface area contributed by atoms with Crippen molar-refractivity contribution in [3.8, 4) is 0 Å². The Morgan fingerprint density at radius 3 is 2.09 bits per heavy atom. The van der Waals surface area contributed by atoms with Crippen LogP contribution in [-0.2, 0) is 4.74 Å². The van der Waals surface area contributed by atoms with Crippen molar-refractivity contribution in [1.29, 1.82) is 0 Å². The maximum absolute atomic E-state index is 5.69. The van der Waals surface area contributed by atoms with E-state index in [1.807, 2.05) is 0 Å². The van der Waals surface area contributed by atoms with E-state index in [-0.39, 0.29) is 0 Å². The van der Waals surface area contributed by atoms with Crippen LogP contribution in [0.15, 0.2) is 0 Å². The quantitative estimate of drug-likeness (QED) is 0.555. The van der Waals surface area contributed by atoms with Crippen molar-refractivity contribution in [2.45, 2.75) is 37.7 Å². The van der Waals surface area contributed by atoms with Crippen molar-refractivity contribution in [2.24, 2.45) is 0 Å². The molecule has 2 aliphatic heterocycles. The molecule has 64 valence electrons. The molecule has 0 aromatic carbocycles. The van der Waals surface area contributed by atoms with E-state index in [1.54, 1.807) is 0 Å². The van der Waals surface area contributed by atoms with E-state index >= 15 is 0 Å². The Morgan fingerprint density at radius 1 is 1.00 bits per heavy atom. The number of hydrogen-bond donors (Lipinski definition) is 0. The monoisotopic (exact) mass is 172 g/mol. The van der Waals surface area contributed by atoms with Crippen molar-refractivity contribution in [1.82, 2.24) is 0 Å². The van der Waals surface area contributed by atoms with E-state index in [0.717, 1.165) is 6.61 Å². The highest BCUT2D eigenvalue weighted by atomic mass is 32.2. The minimum absolute atomic E-state index is 0.362. The van der Waals surface area contributed by atoms with Gasteiger partial charge in [0, 0.05) is 0 Å². The van der Waals surface area contributed by atoms with Gasteiger partial charge >= 0.3 is 0 Å². The molecule has 0 bridgehead atoms. The summed E-state index contributed by atoms with van der Waals surface area (Å²) >= 11 is 2.11. The largest absolute Gasteiger partial charge is 0.375 e. The van der Waals surface area contributed by atoms with Crippen LogP contribution in [0.3, 0.4) is 0 Å². The smallest absolute Gasteiger partial charge is 0.0705 e. The third kappa shape index (κ3) is 1.73. The molecule has 11 heavy (non-hydrogen) atoms. The number of ether oxygens (including phenoxy) is 1. The Hall–Kier alpha value is 0.310. The van der Waals surface area contributed by atoms with E-state index in [4.69, 9.17) is 4.74 Å². The van der Waals surface area contributed by atoms with Gasteiger partial charge in [-0.25, -0.2) is 0 Å². The molecule has 1 nitrogen and oxygen atoms in total. The third-order valence-electron chi connectivity index (χ3n) is 2.81. The molecule has 2 aliphatic rings. The Balaban J connectivity index is 1.86. The minimum atomic E-state index is 0.362. The van der Waals surface area contributed by atoms with Gasteiger partial charge in [0.15, 0.2) is 0 Å². The Bertz CT molecular complexity index is 122. The molecule has 0 unspecified atom stereocenters. The van der Waals surface area contributed by atoms with Gasteiger partial charge in [0.2, 0.25) is 0 Å². The lowest BCUT2D eigenvalue weighted by atomic mass is 9.85. The van der Waals surface area contributed by atoms with Crippen LogP contribution in [0.1, 0.15) is 32.1 Å². The zero-order chi connectivity index (χ0) is 7.57. The molecule has 2 saturated heterocycles. The maximum Gasteiger partial charge on any atom is 0.0705 e. The molecule has 0 aromatic heterocycles. The first-order chi connectivity index (χ1) is 5.41. The summed E-state index contributed by atoms with van der Waals surface area (Å²) in [6.45, 7) is 1.02. The Labute approximate surface area is 72.9 Å². The molecule has 2 heteroatoms. The van der Waals surface area contributed by atoms with Gasteiger partial charge in [-0.15, -0.1) is 0 Å². The van der Waals surface area contributed by atoms with Crippen molar-refractivity contribution in [3.05, 3.63) is 0 Å². The molecular formula is C9H16OS. The first kappa shape index (κ1) is 7.93. The van der Waals surface area contributed by atoms with E-state index < -0.39 is 0 Å². The standard InChI is InChI=1S/C9H16OS/c1-3-9(5-6-10-9)4-2-8-11-7-1/h1-8H2. The summed E-state index contributed by atoms with van der Waals surface area (Å²) in [5, 5.41) is 0. The van der Waals surface area contributed by atoms with Crippen LogP contribution in [0.4, 0.5) is 0 Å².